The molecule has 1 rings (SSSR count). The molecule has 0 aliphatic heterocycles. The maximum absolute atomic E-state index is 11.9. The fraction of sp³-hybridized carbons (Fsp3) is 0.538. The average Bonchev–Trinajstić information content (AvgIpc) is 2.36. The third-order valence-electron chi connectivity index (χ3n) is 2.78. The summed E-state index contributed by atoms with van der Waals surface area (Å²) in [7, 11) is 0. The summed E-state index contributed by atoms with van der Waals surface area (Å²) < 4.78 is 0. The van der Waals surface area contributed by atoms with Crippen molar-refractivity contribution in [1.82, 2.24) is 15.2 Å². The molecule has 3 N–H and O–H groups in total. The van der Waals surface area contributed by atoms with Gasteiger partial charge in [0.05, 0.1) is 0 Å². The van der Waals surface area contributed by atoms with Crippen LogP contribution in [-0.4, -0.2) is 42.0 Å². The maximum atomic E-state index is 11.9. The number of pyridine rings is 1. The molecule has 19 heavy (non-hydrogen) atoms. The second-order valence-electron chi connectivity index (χ2n) is 4.29. The molecule has 0 aromatic carbocycles. The van der Waals surface area contributed by atoms with Crippen LogP contribution < -0.4 is 11.1 Å². The van der Waals surface area contributed by atoms with Gasteiger partial charge in [0.15, 0.2) is 0 Å². The number of hydrogen-bond acceptors (Lipinski definition) is 4. The maximum Gasteiger partial charge on any atom is 0.251 e. The van der Waals surface area contributed by atoms with Gasteiger partial charge in [-0.15, -0.1) is 0 Å². The van der Waals surface area contributed by atoms with Crippen LogP contribution >= 0.6 is 11.6 Å². The number of carbonyl (C=O) groups is 1. The molecule has 106 valence electrons. The zero-order valence-corrected chi connectivity index (χ0v) is 12.2. The largest absolute Gasteiger partial charge is 0.384 e. The third-order valence-corrected chi connectivity index (χ3v) is 2.97. The number of aromatic nitrogens is 1. The number of halogens is 1. The Labute approximate surface area is 119 Å². The standard InChI is InChI=1S/C13H21ClN4O/c1-3-6-18(4-2)7-5-16-13(19)10-8-11(14)17-12(15)9-10/h8-9H,3-7H2,1-2H3,(H2,15,17)(H,16,19). The van der Waals surface area contributed by atoms with E-state index in [9.17, 15) is 4.79 Å². The number of nitrogen functional groups attached to an aromatic ring is 1. The quantitative estimate of drug-likeness (QED) is 0.749. The average molecular weight is 285 g/mol. The Balaban J connectivity index is 2.46. The van der Waals surface area contributed by atoms with Crippen molar-refractivity contribution >= 4 is 23.3 Å². The first-order valence-corrected chi connectivity index (χ1v) is 6.88. The summed E-state index contributed by atoms with van der Waals surface area (Å²) in [5, 5.41) is 3.08. The van der Waals surface area contributed by atoms with Gasteiger partial charge in [-0.1, -0.05) is 25.4 Å². The molecule has 0 saturated heterocycles. The molecule has 0 spiro atoms. The summed E-state index contributed by atoms with van der Waals surface area (Å²) >= 11 is 5.76. The summed E-state index contributed by atoms with van der Waals surface area (Å²) in [5.74, 6) is 0.0716. The summed E-state index contributed by atoms with van der Waals surface area (Å²) in [4.78, 5) is 18.0. The molecule has 0 fully saturated rings. The van der Waals surface area contributed by atoms with E-state index in [0.29, 0.717) is 12.1 Å². The molecule has 6 heteroatoms. The number of rotatable bonds is 7. The molecule has 5 nitrogen and oxygen atoms in total. The van der Waals surface area contributed by atoms with Crippen molar-refractivity contribution in [2.75, 3.05) is 31.9 Å². The first-order valence-electron chi connectivity index (χ1n) is 6.50. The number of anilines is 1. The number of nitrogens with one attached hydrogen (secondary N) is 1. The van der Waals surface area contributed by atoms with Crippen molar-refractivity contribution in [2.45, 2.75) is 20.3 Å². The van der Waals surface area contributed by atoms with Gasteiger partial charge < -0.3 is 16.0 Å². The molecule has 0 saturated carbocycles. The SMILES string of the molecule is CCCN(CC)CCNC(=O)c1cc(N)nc(Cl)c1. The lowest BCUT2D eigenvalue weighted by molar-refractivity contribution is 0.0948. The van der Waals surface area contributed by atoms with Crippen LogP contribution in [-0.2, 0) is 0 Å². The van der Waals surface area contributed by atoms with E-state index in [2.05, 4.69) is 29.0 Å². The number of hydrogen-bond donors (Lipinski definition) is 2. The Morgan fingerprint density at radius 2 is 2.16 bits per heavy atom. The molecule has 1 amide bonds. The third kappa shape index (κ3) is 5.44. The van der Waals surface area contributed by atoms with E-state index >= 15 is 0 Å². The van der Waals surface area contributed by atoms with Crippen molar-refractivity contribution in [3.05, 3.63) is 22.8 Å². The number of amides is 1. The Morgan fingerprint density at radius 1 is 1.42 bits per heavy atom. The summed E-state index contributed by atoms with van der Waals surface area (Å²) in [5.41, 5.74) is 5.99. The Kier molecular flexibility index (Phi) is 6.59. The van der Waals surface area contributed by atoms with E-state index < -0.39 is 0 Å². The highest BCUT2D eigenvalue weighted by atomic mass is 35.5. The van der Waals surface area contributed by atoms with Crippen LogP contribution in [0.1, 0.15) is 30.6 Å². The van der Waals surface area contributed by atoms with E-state index in [0.717, 1.165) is 26.1 Å². The van der Waals surface area contributed by atoms with E-state index in [-0.39, 0.29) is 16.9 Å². The minimum atomic E-state index is -0.177. The number of nitrogens with two attached hydrogens (primary N) is 1. The van der Waals surface area contributed by atoms with Crippen LogP contribution in [0.2, 0.25) is 5.15 Å². The summed E-state index contributed by atoms with van der Waals surface area (Å²) in [6.45, 7) is 7.72. The zero-order valence-electron chi connectivity index (χ0n) is 11.4. The predicted molar refractivity (Wildman–Crippen MR) is 78.4 cm³/mol. The second-order valence-corrected chi connectivity index (χ2v) is 4.68. The molecule has 0 radical (unpaired) electrons. The van der Waals surface area contributed by atoms with Gasteiger partial charge in [0.1, 0.15) is 11.0 Å². The molecule has 1 aromatic heterocycles. The molecular formula is C13H21ClN4O. The van der Waals surface area contributed by atoms with Crippen molar-refractivity contribution in [3.8, 4) is 0 Å². The molecule has 0 unspecified atom stereocenters. The molecule has 1 aromatic rings. The second kappa shape index (κ2) is 7.96. The highest BCUT2D eigenvalue weighted by Crippen LogP contribution is 2.11. The van der Waals surface area contributed by atoms with Crippen LogP contribution in [0.4, 0.5) is 5.82 Å². The fourth-order valence-corrected chi connectivity index (χ4v) is 2.04. The van der Waals surface area contributed by atoms with Crippen LogP contribution in [0, 0.1) is 0 Å². The highest BCUT2D eigenvalue weighted by molar-refractivity contribution is 6.29. The van der Waals surface area contributed by atoms with Gasteiger partial charge in [0, 0.05) is 18.7 Å². The van der Waals surface area contributed by atoms with E-state index in [1.807, 2.05) is 0 Å². The predicted octanol–water partition coefficient (Wildman–Crippen LogP) is 1.78. The highest BCUT2D eigenvalue weighted by Gasteiger charge is 2.08. The number of likely N-dealkylation sites (N-methyl/N-ethyl adjacent to an activating group) is 1. The minimum Gasteiger partial charge on any atom is -0.384 e. The minimum absolute atomic E-state index is 0.177. The Bertz CT molecular complexity index is 405. The smallest absolute Gasteiger partial charge is 0.251 e. The van der Waals surface area contributed by atoms with Crippen molar-refractivity contribution < 1.29 is 4.79 Å². The van der Waals surface area contributed by atoms with Crippen molar-refractivity contribution in [2.24, 2.45) is 0 Å². The molecular weight excluding hydrogens is 264 g/mol. The first kappa shape index (κ1) is 15.7. The topological polar surface area (TPSA) is 71.2 Å². The molecule has 0 atom stereocenters. The van der Waals surface area contributed by atoms with Crippen LogP contribution in [0.25, 0.3) is 0 Å². The lowest BCUT2D eigenvalue weighted by Gasteiger charge is -2.19. The fourth-order valence-electron chi connectivity index (χ4n) is 1.82. The summed E-state index contributed by atoms with van der Waals surface area (Å²) in [6.07, 6.45) is 1.11. The van der Waals surface area contributed by atoms with Crippen LogP contribution in [0.15, 0.2) is 12.1 Å². The molecule has 0 bridgehead atoms. The number of nitrogens with zero attached hydrogens (tertiary/aromatic N) is 2. The van der Waals surface area contributed by atoms with Gasteiger partial charge in [0.2, 0.25) is 0 Å². The van der Waals surface area contributed by atoms with Gasteiger partial charge in [-0.05, 0) is 31.6 Å². The molecule has 0 aliphatic carbocycles. The van der Waals surface area contributed by atoms with Gasteiger partial charge in [0.25, 0.3) is 5.91 Å². The monoisotopic (exact) mass is 284 g/mol. The van der Waals surface area contributed by atoms with Gasteiger partial charge in [-0.3, -0.25) is 4.79 Å². The van der Waals surface area contributed by atoms with E-state index in [4.69, 9.17) is 17.3 Å². The molecule has 0 aliphatic rings. The van der Waals surface area contributed by atoms with Crippen LogP contribution in [0.3, 0.4) is 0 Å². The lowest BCUT2D eigenvalue weighted by Crippen LogP contribution is -2.35. The van der Waals surface area contributed by atoms with Crippen molar-refractivity contribution in [3.63, 3.8) is 0 Å². The van der Waals surface area contributed by atoms with Gasteiger partial charge >= 0.3 is 0 Å². The lowest BCUT2D eigenvalue weighted by atomic mass is 10.2. The summed E-state index contributed by atoms with van der Waals surface area (Å²) in [6, 6.07) is 3.03. The van der Waals surface area contributed by atoms with Gasteiger partial charge in [-0.25, -0.2) is 4.98 Å². The van der Waals surface area contributed by atoms with E-state index in [1.54, 1.807) is 0 Å². The van der Waals surface area contributed by atoms with Crippen LogP contribution in [0.5, 0.6) is 0 Å². The normalized spacial score (nSPS) is 10.7. The Morgan fingerprint density at radius 3 is 2.74 bits per heavy atom. The number of carbonyl (C=O) groups excluding carboxylic acids is 1. The first-order chi connectivity index (χ1) is 9.06. The van der Waals surface area contributed by atoms with E-state index in [1.165, 1.54) is 12.1 Å². The van der Waals surface area contributed by atoms with Gasteiger partial charge in [-0.2, -0.15) is 0 Å². The van der Waals surface area contributed by atoms with Crippen molar-refractivity contribution in [1.29, 1.82) is 0 Å². The zero-order chi connectivity index (χ0) is 14.3. The Hall–Kier alpha value is -1.33. The molecule has 1 heterocycles.